The minimum Gasteiger partial charge on any atom is -0.462 e. The number of hydrogen-bond donors (Lipinski definition) is 1. The molecule has 8 heteroatoms. The molecule has 1 aromatic heterocycles. The first kappa shape index (κ1) is 23.1. The highest BCUT2D eigenvalue weighted by Crippen LogP contribution is 2.27. The molecule has 158 valence electrons. The molecule has 3 rings (SSSR count). The van der Waals surface area contributed by atoms with Crippen LogP contribution in [-0.4, -0.2) is 32.2 Å². The Bertz CT molecular complexity index is 882. The van der Waals surface area contributed by atoms with Crippen molar-refractivity contribution in [3.8, 4) is 0 Å². The maximum absolute atomic E-state index is 12.5. The van der Waals surface area contributed by atoms with Crippen molar-refractivity contribution in [1.82, 2.24) is 0 Å². The Morgan fingerprint density at radius 2 is 1.69 bits per heavy atom. The first-order chi connectivity index (χ1) is 13.9. The number of esters is 1. The predicted molar refractivity (Wildman–Crippen MR) is 114 cm³/mol. The third-order valence-electron chi connectivity index (χ3n) is 4.71. The van der Waals surface area contributed by atoms with Gasteiger partial charge < -0.3 is 10.5 Å². The standard InChI is InChI=1S/C14H19NO3S.C7H8O2S/c15-14(16)11-7-9-13(10-8-11)19(17,18)12-5-3-1-2-4-6-12;1-2-9-7(8)6-4-3-5-10-6/h7-10,12H,1-6H2,(H2,15,16);3-5H,2H2,1H3. The molecule has 1 aliphatic carbocycles. The molecule has 1 aromatic carbocycles. The lowest BCUT2D eigenvalue weighted by Gasteiger charge is -2.15. The lowest BCUT2D eigenvalue weighted by atomic mass is 10.2. The van der Waals surface area contributed by atoms with E-state index in [4.69, 9.17) is 10.5 Å². The molecule has 1 fully saturated rings. The molecule has 1 heterocycles. The van der Waals surface area contributed by atoms with Gasteiger partial charge in [-0.25, -0.2) is 13.2 Å². The Labute approximate surface area is 176 Å². The van der Waals surface area contributed by atoms with Gasteiger partial charge in [0.25, 0.3) is 0 Å². The summed E-state index contributed by atoms with van der Waals surface area (Å²) in [5.74, 6) is -0.768. The monoisotopic (exact) mass is 437 g/mol. The van der Waals surface area contributed by atoms with E-state index in [0.29, 0.717) is 21.9 Å². The van der Waals surface area contributed by atoms with Crippen LogP contribution in [0.15, 0.2) is 46.7 Å². The summed E-state index contributed by atoms with van der Waals surface area (Å²) in [5, 5.41) is 1.57. The average molecular weight is 438 g/mol. The SMILES string of the molecule is CCOC(=O)c1cccs1.NC(=O)c1ccc(S(=O)(=O)C2CCCCCC2)cc1. The van der Waals surface area contributed by atoms with E-state index < -0.39 is 15.7 Å². The molecule has 0 bridgehead atoms. The summed E-state index contributed by atoms with van der Waals surface area (Å²) in [7, 11) is -3.28. The maximum Gasteiger partial charge on any atom is 0.348 e. The van der Waals surface area contributed by atoms with E-state index in [9.17, 15) is 18.0 Å². The van der Waals surface area contributed by atoms with Crippen LogP contribution >= 0.6 is 11.3 Å². The van der Waals surface area contributed by atoms with Crippen molar-refractivity contribution < 1.29 is 22.7 Å². The van der Waals surface area contributed by atoms with E-state index in [1.165, 1.54) is 35.6 Å². The molecule has 2 N–H and O–H groups in total. The molecule has 0 atom stereocenters. The molecule has 0 radical (unpaired) electrons. The Balaban J connectivity index is 0.000000253. The van der Waals surface area contributed by atoms with Gasteiger partial charge in [0.2, 0.25) is 5.91 Å². The second-order valence-electron chi connectivity index (χ2n) is 6.74. The smallest absolute Gasteiger partial charge is 0.348 e. The summed E-state index contributed by atoms with van der Waals surface area (Å²) in [4.78, 5) is 22.8. The van der Waals surface area contributed by atoms with E-state index in [2.05, 4.69) is 0 Å². The van der Waals surface area contributed by atoms with Crippen LogP contribution in [0.4, 0.5) is 0 Å². The van der Waals surface area contributed by atoms with Crippen LogP contribution in [0.1, 0.15) is 65.5 Å². The van der Waals surface area contributed by atoms with Gasteiger partial charge in [0, 0.05) is 5.56 Å². The summed E-state index contributed by atoms with van der Waals surface area (Å²) in [5.41, 5.74) is 5.48. The number of carbonyl (C=O) groups excluding carboxylic acids is 2. The van der Waals surface area contributed by atoms with Gasteiger partial charge in [-0.2, -0.15) is 0 Å². The molecule has 0 aliphatic heterocycles. The van der Waals surface area contributed by atoms with Crippen LogP contribution in [0, 0.1) is 0 Å². The first-order valence-corrected chi connectivity index (χ1v) is 12.1. The van der Waals surface area contributed by atoms with Crippen molar-refractivity contribution in [2.75, 3.05) is 6.61 Å². The van der Waals surface area contributed by atoms with E-state index >= 15 is 0 Å². The van der Waals surface area contributed by atoms with Crippen LogP contribution in [0.5, 0.6) is 0 Å². The number of nitrogens with two attached hydrogens (primary N) is 1. The minimum absolute atomic E-state index is 0.225. The van der Waals surface area contributed by atoms with Crippen molar-refractivity contribution in [3.63, 3.8) is 0 Å². The van der Waals surface area contributed by atoms with Gasteiger partial charge in [-0.1, -0.05) is 31.7 Å². The molecule has 0 saturated heterocycles. The van der Waals surface area contributed by atoms with Crippen LogP contribution < -0.4 is 5.73 Å². The maximum atomic E-state index is 12.5. The fourth-order valence-electron chi connectivity index (χ4n) is 3.15. The molecule has 0 unspecified atom stereocenters. The van der Waals surface area contributed by atoms with Gasteiger partial charge in [-0.05, 0) is 55.5 Å². The molecular formula is C21H27NO5S2. The molecule has 6 nitrogen and oxygen atoms in total. The number of benzene rings is 1. The normalized spacial score (nSPS) is 14.9. The summed E-state index contributed by atoms with van der Waals surface area (Å²) in [6.07, 6.45) is 5.66. The highest BCUT2D eigenvalue weighted by Gasteiger charge is 2.28. The largest absolute Gasteiger partial charge is 0.462 e. The summed E-state index contributed by atoms with van der Waals surface area (Å²) < 4.78 is 29.8. The molecular weight excluding hydrogens is 410 g/mol. The lowest BCUT2D eigenvalue weighted by Crippen LogP contribution is -2.21. The van der Waals surface area contributed by atoms with Crippen LogP contribution in [0.2, 0.25) is 0 Å². The molecule has 1 amide bonds. The Kier molecular flexibility index (Phi) is 8.85. The molecule has 1 aliphatic rings. The number of hydrogen-bond acceptors (Lipinski definition) is 6. The second-order valence-corrected chi connectivity index (χ2v) is 9.92. The summed E-state index contributed by atoms with van der Waals surface area (Å²) in [6, 6.07) is 9.51. The van der Waals surface area contributed by atoms with Gasteiger partial charge in [0.1, 0.15) is 4.88 Å². The van der Waals surface area contributed by atoms with Crippen LogP contribution in [-0.2, 0) is 14.6 Å². The minimum atomic E-state index is -3.28. The van der Waals surface area contributed by atoms with E-state index in [1.54, 1.807) is 13.0 Å². The third-order valence-corrected chi connectivity index (χ3v) is 7.83. The van der Waals surface area contributed by atoms with E-state index in [0.717, 1.165) is 38.5 Å². The zero-order chi connectivity index (χ0) is 21.3. The van der Waals surface area contributed by atoms with Gasteiger partial charge in [0.15, 0.2) is 9.84 Å². The zero-order valence-corrected chi connectivity index (χ0v) is 18.1. The number of amides is 1. The Morgan fingerprint density at radius 1 is 1.07 bits per heavy atom. The van der Waals surface area contributed by atoms with Crippen molar-refractivity contribution in [2.45, 2.75) is 55.6 Å². The lowest BCUT2D eigenvalue weighted by molar-refractivity contribution is 0.0532. The number of ether oxygens (including phenoxy) is 1. The van der Waals surface area contributed by atoms with Gasteiger partial charge in [0.05, 0.1) is 16.8 Å². The third kappa shape index (κ3) is 6.68. The number of thiophene rings is 1. The first-order valence-electron chi connectivity index (χ1n) is 9.70. The van der Waals surface area contributed by atoms with Crippen molar-refractivity contribution in [2.24, 2.45) is 5.73 Å². The summed E-state index contributed by atoms with van der Waals surface area (Å²) in [6.45, 7) is 2.24. The van der Waals surface area contributed by atoms with Crippen molar-refractivity contribution in [3.05, 3.63) is 52.2 Å². The predicted octanol–water partition coefficient (Wildman–Crippen LogP) is 4.21. The Hall–Kier alpha value is -2.19. The highest BCUT2D eigenvalue weighted by atomic mass is 32.2. The fraction of sp³-hybridized carbons (Fsp3) is 0.429. The van der Waals surface area contributed by atoms with Gasteiger partial charge >= 0.3 is 5.97 Å². The Morgan fingerprint density at radius 3 is 2.17 bits per heavy atom. The van der Waals surface area contributed by atoms with E-state index in [-0.39, 0.29) is 11.2 Å². The van der Waals surface area contributed by atoms with Gasteiger partial charge in [-0.15, -0.1) is 11.3 Å². The van der Waals surface area contributed by atoms with E-state index in [1.807, 2.05) is 11.4 Å². The van der Waals surface area contributed by atoms with Crippen LogP contribution in [0.25, 0.3) is 0 Å². The number of rotatable bonds is 5. The van der Waals surface area contributed by atoms with Crippen molar-refractivity contribution in [1.29, 1.82) is 0 Å². The second kappa shape index (κ2) is 11.1. The number of carbonyl (C=O) groups is 2. The molecule has 1 saturated carbocycles. The molecule has 2 aromatic rings. The molecule has 29 heavy (non-hydrogen) atoms. The quantitative estimate of drug-likeness (QED) is 0.557. The molecule has 0 spiro atoms. The topological polar surface area (TPSA) is 104 Å². The van der Waals surface area contributed by atoms with Gasteiger partial charge in [-0.3, -0.25) is 4.79 Å². The van der Waals surface area contributed by atoms with Crippen LogP contribution in [0.3, 0.4) is 0 Å². The highest BCUT2D eigenvalue weighted by molar-refractivity contribution is 7.92. The van der Waals surface area contributed by atoms with Crippen molar-refractivity contribution >= 4 is 33.1 Å². The fourth-order valence-corrected chi connectivity index (χ4v) is 5.62. The number of sulfone groups is 1. The summed E-state index contributed by atoms with van der Waals surface area (Å²) >= 11 is 1.40. The zero-order valence-electron chi connectivity index (χ0n) is 16.5. The average Bonchev–Trinajstić information content (AvgIpc) is 3.11. The number of primary amides is 1.